The van der Waals surface area contributed by atoms with E-state index in [0.29, 0.717) is 12.1 Å². The maximum absolute atomic E-state index is 13.2. The lowest BCUT2D eigenvalue weighted by Crippen LogP contribution is -2.27. The van der Waals surface area contributed by atoms with E-state index >= 15 is 0 Å². The summed E-state index contributed by atoms with van der Waals surface area (Å²) in [5.74, 6) is -0.667. The first-order chi connectivity index (χ1) is 15.8. The van der Waals surface area contributed by atoms with Gasteiger partial charge in [-0.1, -0.05) is 36.4 Å². The molecule has 1 amide bonds. The lowest BCUT2D eigenvalue weighted by molar-refractivity contribution is 0.0752. The highest BCUT2D eigenvalue weighted by Crippen LogP contribution is 2.23. The number of carbonyl (C=O) groups is 1. The van der Waals surface area contributed by atoms with E-state index < -0.39 is 9.84 Å². The van der Waals surface area contributed by atoms with Gasteiger partial charge in [-0.2, -0.15) is 5.10 Å². The van der Waals surface area contributed by atoms with Crippen LogP contribution in [0.3, 0.4) is 0 Å². The second kappa shape index (κ2) is 9.07. The van der Waals surface area contributed by atoms with Gasteiger partial charge < -0.3 is 9.32 Å². The minimum Gasteiger partial charge on any atom is -0.459 e. The number of carbonyl (C=O) groups excluding carboxylic acids is 1. The molecule has 8 heteroatoms. The van der Waals surface area contributed by atoms with Crippen LogP contribution in [0.2, 0.25) is 0 Å². The Hall–Kier alpha value is -3.65. The van der Waals surface area contributed by atoms with Gasteiger partial charge in [0.25, 0.3) is 5.91 Å². The Morgan fingerprint density at radius 3 is 2.30 bits per heavy atom. The monoisotopic (exact) mass is 463 g/mol. The summed E-state index contributed by atoms with van der Waals surface area (Å²) in [4.78, 5) is 14.9. The lowest BCUT2D eigenvalue weighted by atomic mass is 10.1. The largest absolute Gasteiger partial charge is 0.459 e. The summed E-state index contributed by atoms with van der Waals surface area (Å²) in [5.41, 5.74) is 3.97. The molecule has 2 aromatic carbocycles. The van der Waals surface area contributed by atoms with Crippen LogP contribution in [0, 0.1) is 13.8 Å². The number of hydrogen-bond acceptors (Lipinski definition) is 5. The van der Waals surface area contributed by atoms with E-state index in [4.69, 9.17) is 4.42 Å². The van der Waals surface area contributed by atoms with Gasteiger partial charge in [0.05, 0.1) is 28.3 Å². The molecule has 0 N–H and O–H groups in total. The van der Waals surface area contributed by atoms with Crippen molar-refractivity contribution in [1.82, 2.24) is 14.7 Å². The predicted octanol–water partition coefficient (Wildman–Crippen LogP) is 4.33. The van der Waals surface area contributed by atoms with Crippen molar-refractivity contribution < 1.29 is 17.6 Å². The lowest BCUT2D eigenvalue weighted by Gasteiger charge is -2.17. The van der Waals surface area contributed by atoms with E-state index in [1.54, 1.807) is 37.4 Å². The number of furan rings is 1. The molecule has 0 aliphatic rings. The molecule has 0 saturated carbocycles. The summed E-state index contributed by atoms with van der Waals surface area (Å²) in [7, 11) is -1.94. The number of aryl methyl sites for hydroxylation is 1. The molecule has 4 rings (SSSR count). The van der Waals surface area contributed by atoms with Gasteiger partial charge in [-0.15, -0.1) is 0 Å². The third kappa shape index (κ3) is 4.61. The molecule has 0 atom stereocenters. The Bertz CT molecular complexity index is 1370. The molecule has 33 heavy (non-hydrogen) atoms. The van der Waals surface area contributed by atoms with Crippen molar-refractivity contribution in [3.05, 3.63) is 101 Å². The normalized spacial score (nSPS) is 11.5. The third-order valence-corrected chi connectivity index (χ3v) is 7.25. The summed E-state index contributed by atoms with van der Waals surface area (Å²) < 4.78 is 32.8. The average Bonchev–Trinajstić information content (AvgIpc) is 3.38. The van der Waals surface area contributed by atoms with Gasteiger partial charge in [0.1, 0.15) is 0 Å². The van der Waals surface area contributed by atoms with Crippen LogP contribution in [0.15, 0.2) is 82.3 Å². The molecule has 4 aromatic rings. The number of para-hydroxylation sites is 1. The van der Waals surface area contributed by atoms with Gasteiger partial charge in [-0.3, -0.25) is 4.79 Å². The SMILES string of the molecule is Cc1nn(-c2ccccc2)c(C)c1CN(C)C(=O)c1occc1CS(=O)(=O)c1ccccc1. The molecule has 0 radical (unpaired) electrons. The van der Waals surface area contributed by atoms with E-state index in [1.165, 1.54) is 17.2 Å². The maximum Gasteiger partial charge on any atom is 0.289 e. The molecular formula is C25H25N3O4S. The molecule has 0 saturated heterocycles. The smallest absolute Gasteiger partial charge is 0.289 e. The Labute approximate surface area is 193 Å². The van der Waals surface area contributed by atoms with Crippen molar-refractivity contribution >= 4 is 15.7 Å². The van der Waals surface area contributed by atoms with E-state index in [2.05, 4.69) is 5.10 Å². The zero-order chi connectivity index (χ0) is 23.6. The Morgan fingerprint density at radius 1 is 1.00 bits per heavy atom. The number of nitrogens with zero attached hydrogens (tertiary/aromatic N) is 3. The van der Waals surface area contributed by atoms with Crippen LogP contribution < -0.4 is 0 Å². The predicted molar refractivity (Wildman–Crippen MR) is 125 cm³/mol. The highest BCUT2D eigenvalue weighted by molar-refractivity contribution is 7.90. The molecular weight excluding hydrogens is 438 g/mol. The van der Waals surface area contributed by atoms with Crippen molar-refractivity contribution in [3.8, 4) is 5.69 Å². The molecule has 0 fully saturated rings. The molecule has 0 spiro atoms. The highest BCUT2D eigenvalue weighted by Gasteiger charge is 2.25. The fourth-order valence-electron chi connectivity index (χ4n) is 3.76. The summed E-state index contributed by atoms with van der Waals surface area (Å²) in [6.45, 7) is 4.19. The zero-order valence-corrected chi connectivity index (χ0v) is 19.5. The first kappa shape index (κ1) is 22.5. The van der Waals surface area contributed by atoms with Crippen LogP contribution in [0.1, 0.15) is 33.1 Å². The Balaban J connectivity index is 1.55. The highest BCUT2D eigenvalue weighted by atomic mass is 32.2. The topological polar surface area (TPSA) is 85.4 Å². The van der Waals surface area contributed by atoms with Crippen LogP contribution >= 0.6 is 0 Å². The van der Waals surface area contributed by atoms with Crippen LogP contribution in [-0.4, -0.2) is 36.1 Å². The second-order valence-corrected chi connectivity index (χ2v) is 9.89. The van der Waals surface area contributed by atoms with Crippen molar-refractivity contribution in [1.29, 1.82) is 0 Å². The van der Waals surface area contributed by atoms with Crippen molar-refractivity contribution in [2.75, 3.05) is 7.05 Å². The molecule has 0 aliphatic carbocycles. The van der Waals surface area contributed by atoms with Crippen molar-refractivity contribution in [2.45, 2.75) is 31.0 Å². The number of sulfone groups is 1. The minimum atomic E-state index is -3.61. The van der Waals surface area contributed by atoms with E-state index in [-0.39, 0.29) is 22.3 Å². The average molecular weight is 464 g/mol. The fraction of sp³-hybridized carbons (Fsp3) is 0.200. The van der Waals surface area contributed by atoms with Gasteiger partial charge >= 0.3 is 0 Å². The van der Waals surface area contributed by atoms with E-state index in [0.717, 1.165) is 22.6 Å². The van der Waals surface area contributed by atoms with Gasteiger partial charge in [-0.05, 0) is 44.2 Å². The zero-order valence-electron chi connectivity index (χ0n) is 18.7. The summed E-state index contributed by atoms with van der Waals surface area (Å²) >= 11 is 0. The summed E-state index contributed by atoms with van der Waals surface area (Å²) in [6, 6.07) is 19.5. The number of benzene rings is 2. The van der Waals surface area contributed by atoms with Crippen LogP contribution in [0.5, 0.6) is 0 Å². The molecule has 170 valence electrons. The minimum absolute atomic E-state index is 0.0303. The van der Waals surface area contributed by atoms with E-state index in [1.807, 2.05) is 48.9 Å². The van der Waals surface area contributed by atoms with Crippen molar-refractivity contribution in [3.63, 3.8) is 0 Å². The molecule has 0 aliphatic heterocycles. The second-order valence-electron chi connectivity index (χ2n) is 7.91. The van der Waals surface area contributed by atoms with Gasteiger partial charge in [0.15, 0.2) is 15.6 Å². The number of aromatic nitrogens is 2. The van der Waals surface area contributed by atoms with Crippen molar-refractivity contribution in [2.24, 2.45) is 0 Å². The molecule has 2 heterocycles. The van der Waals surface area contributed by atoms with Crippen LogP contribution in [0.25, 0.3) is 5.69 Å². The quantitative estimate of drug-likeness (QED) is 0.407. The first-order valence-electron chi connectivity index (χ1n) is 10.5. The Morgan fingerprint density at radius 2 is 1.64 bits per heavy atom. The maximum atomic E-state index is 13.2. The first-order valence-corrected chi connectivity index (χ1v) is 12.1. The molecule has 0 unspecified atom stereocenters. The Kier molecular flexibility index (Phi) is 6.20. The van der Waals surface area contributed by atoms with Gasteiger partial charge in [-0.25, -0.2) is 13.1 Å². The number of hydrogen-bond donors (Lipinski definition) is 0. The number of rotatable bonds is 7. The summed E-state index contributed by atoms with van der Waals surface area (Å²) in [5, 5.41) is 4.63. The fourth-order valence-corrected chi connectivity index (χ4v) is 5.13. The van der Waals surface area contributed by atoms with Gasteiger partial charge in [0, 0.05) is 30.4 Å². The molecule has 0 bridgehead atoms. The van der Waals surface area contributed by atoms with Crippen LogP contribution in [0.4, 0.5) is 0 Å². The van der Waals surface area contributed by atoms with Gasteiger partial charge in [0.2, 0.25) is 0 Å². The van der Waals surface area contributed by atoms with Crippen LogP contribution in [-0.2, 0) is 22.1 Å². The summed E-state index contributed by atoms with van der Waals surface area (Å²) in [6.07, 6.45) is 1.35. The number of amides is 1. The van der Waals surface area contributed by atoms with E-state index in [9.17, 15) is 13.2 Å². The third-order valence-electron chi connectivity index (χ3n) is 5.57. The molecule has 2 aromatic heterocycles. The molecule has 7 nitrogen and oxygen atoms in total. The standard InChI is InChI=1S/C25H25N3O4S/c1-18-23(19(2)28(26-18)21-10-6-4-7-11-21)16-27(3)25(29)24-20(14-15-32-24)17-33(30,31)22-12-8-5-9-13-22/h4-15H,16-17H2,1-3H3.